The van der Waals surface area contributed by atoms with Crippen molar-refractivity contribution in [3.63, 3.8) is 0 Å². The summed E-state index contributed by atoms with van der Waals surface area (Å²) in [4.78, 5) is 12.3. The number of anilines is 1. The Hall–Kier alpha value is -1.60. The number of hydrogen-bond acceptors (Lipinski definition) is 3. The highest BCUT2D eigenvalue weighted by atomic mass is 35.5. The lowest BCUT2D eigenvalue weighted by molar-refractivity contribution is 0.102. The summed E-state index contributed by atoms with van der Waals surface area (Å²) in [6.45, 7) is 5.14. The largest absolute Gasteiger partial charge is 0.321 e. The monoisotopic (exact) mass is 400 g/mol. The zero-order valence-electron chi connectivity index (χ0n) is 13.9. The van der Waals surface area contributed by atoms with Crippen LogP contribution in [0, 0.1) is 0 Å². The van der Waals surface area contributed by atoms with Crippen LogP contribution in [0.3, 0.4) is 0 Å². The number of benzene rings is 2. The molecule has 0 aliphatic heterocycles. The van der Waals surface area contributed by atoms with Crippen LogP contribution in [0.5, 0.6) is 0 Å². The number of para-hydroxylation sites is 1. The zero-order valence-corrected chi connectivity index (χ0v) is 16.3. The van der Waals surface area contributed by atoms with Crippen molar-refractivity contribution in [1.82, 2.24) is 4.72 Å². The third-order valence-corrected chi connectivity index (χ3v) is 5.61. The molecule has 0 bridgehead atoms. The predicted molar refractivity (Wildman–Crippen MR) is 101 cm³/mol. The normalized spacial score (nSPS) is 12.0. The van der Waals surface area contributed by atoms with Crippen molar-refractivity contribution in [3.8, 4) is 0 Å². The van der Waals surface area contributed by atoms with Crippen LogP contribution in [0.1, 0.15) is 31.1 Å². The fourth-order valence-corrected chi connectivity index (χ4v) is 4.19. The first-order valence-electron chi connectivity index (χ1n) is 7.39. The molecular formula is C17H18Cl2N2O3S. The molecule has 5 nitrogen and oxygen atoms in total. The van der Waals surface area contributed by atoms with Crippen molar-refractivity contribution < 1.29 is 13.2 Å². The van der Waals surface area contributed by atoms with Crippen LogP contribution in [0.15, 0.2) is 47.4 Å². The first kappa shape index (κ1) is 19.7. The average molecular weight is 401 g/mol. The third-order valence-electron chi connectivity index (χ3n) is 3.05. The minimum Gasteiger partial charge on any atom is -0.321 e. The van der Waals surface area contributed by atoms with Gasteiger partial charge >= 0.3 is 0 Å². The standard InChI is InChI=1S/C17H18Cl2N2O3S/c1-17(2,3)21-25(23,24)15-10-11(8-9-13(15)19)16(22)20-14-7-5-4-6-12(14)18/h4-10,21H,1-3H3,(H,20,22). The van der Waals surface area contributed by atoms with Gasteiger partial charge in [0.25, 0.3) is 5.91 Å². The Morgan fingerprint density at radius 3 is 2.24 bits per heavy atom. The van der Waals surface area contributed by atoms with E-state index in [2.05, 4.69) is 10.0 Å². The van der Waals surface area contributed by atoms with Crippen LogP contribution in [0.2, 0.25) is 10.0 Å². The first-order valence-corrected chi connectivity index (χ1v) is 9.63. The van der Waals surface area contributed by atoms with Gasteiger partial charge in [-0.25, -0.2) is 13.1 Å². The van der Waals surface area contributed by atoms with E-state index in [9.17, 15) is 13.2 Å². The summed E-state index contributed by atoms with van der Waals surface area (Å²) in [5, 5.41) is 3.06. The molecule has 0 aliphatic rings. The molecule has 2 aromatic carbocycles. The van der Waals surface area contributed by atoms with Gasteiger partial charge in [0.1, 0.15) is 4.90 Å². The number of sulfonamides is 1. The third kappa shape index (κ3) is 5.19. The van der Waals surface area contributed by atoms with Crippen molar-refractivity contribution >= 4 is 44.8 Å². The molecular weight excluding hydrogens is 383 g/mol. The maximum atomic E-state index is 12.5. The summed E-state index contributed by atoms with van der Waals surface area (Å²) >= 11 is 12.0. The molecule has 0 aliphatic carbocycles. The highest BCUT2D eigenvalue weighted by Gasteiger charge is 2.25. The van der Waals surface area contributed by atoms with Crippen LogP contribution in [-0.4, -0.2) is 19.9 Å². The topological polar surface area (TPSA) is 75.3 Å². The van der Waals surface area contributed by atoms with Gasteiger partial charge in [-0.3, -0.25) is 4.79 Å². The van der Waals surface area contributed by atoms with Crippen molar-refractivity contribution in [2.45, 2.75) is 31.2 Å². The Kier molecular flexibility index (Phi) is 5.79. The molecule has 0 unspecified atom stereocenters. The molecule has 0 spiro atoms. The van der Waals surface area contributed by atoms with E-state index in [1.54, 1.807) is 45.0 Å². The Bertz CT molecular complexity index is 906. The number of rotatable bonds is 4. The molecule has 25 heavy (non-hydrogen) atoms. The molecule has 1 amide bonds. The second-order valence-corrected chi connectivity index (χ2v) is 8.90. The predicted octanol–water partition coefficient (Wildman–Crippen LogP) is 4.32. The summed E-state index contributed by atoms with van der Waals surface area (Å²) in [6.07, 6.45) is 0. The number of carbonyl (C=O) groups is 1. The molecule has 0 atom stereocenters. The second kappa shape index (κ2) is 7.33. The lowest BCUT2D eigenvalue weighted by Gasteiger charge is -2.21. The fourth-order valence-electron chi connectivity index (χ4n) is 2.07. The molecule has 0 radical (unpaired) electrons. The number of halogens is 2. The van der Waals surface area contributed by atoms with Crippen molar-refractivity contribution in [2.75, 3.05) is 5.32 Å². The van der Waals surface area contributed by atoms with Crippen LogP contribution < -0.4 is 10.0 Å². The maximum absolute atomic E-state index is 12.5. The van der Waals surface area contributed by atoms with Crippen LogP contribution in [0.4, 0.5) is 5.69 Å². The molecule has 0 aromatic heterocycles. The lowest BCUT2D eigenvalue weighted by atomic mass is 10.1. The summed E-state index contributed by atoms with van der Waals surface area (Å²) in [5.41, 5.74) is -0.0993. The van der Waals surface area contributed by atoms with Crippen LogP contribution in [0.25, 0.3) is 0 Å². The molecule has 134 valence electrons. The molecule has 0 fully saturated rings. The summed E-state index contributed by atoms with van der Waals surface area (Å²) in [7, 11) is -3.87. The Labute approximate surface area is 157 Å². The molecule has 0 heterocycles. The van der Waals surface area contributed by atoms with Gasteiger partial charge in [-0.05, 0) is 51.1 Å². The van der Waals surface area contributed by atoms with E-state index in [-0.39, 0.29) is 15.5 Å². The quantitative estimate of drug-likeness (QED) is 0.801. The molecule has 8 heteroatoms. The Morgan fingerprint density at radius 2 is 1.64 bits per heavy atom. The maximum Gasteiger partial charge on any atom is 0.255 e. The lowest BCUT2D eigenvalue weighted by Crippen LogP contribution is -2.40. The van der Waals surface area contributed by atoms with Crippen LogP contribution in [-0.2, 0) is 10.0 Å². The van der Waals surface area contributed by atoms with Gasteiger partial charge in [-0.2, -0.15) is 0 Å². The van der Waals surface area contributed by atoms with Gasteiger partial charge in [0.2, 0.25) is 10.0 Å². The van der Waals surface area contributed by atoms with E-state index in [0.717, 1.165) is 0 Å². The van der Waals surface area contributed by atoms with Gasteiger partial charge in [-0.1, -0.05) is 35.3 Å². The summed E-state index contributed by atoms with van der Waals surface area (Å²) in [6, 6.07) is 10.8. The minimum atomic E-state index is -3.87. The first-order chi connectivity index (χ1) is 11.5. The second-order valence-electron chi connectivity index (χ2n) is 6.43. The van der Waals surface area contributed by atoms with Gasteiger partial charge in [-0.15, -0.1) is 0 Å². The highest BCUT2D eigenvalue weighted by Crippen LogP contribution is 2.25. The van der Waals surface area contributed by atoms with E-state index in [0.29, 0.717) is 10.7 Å². The number of carbonyl (C=O) groups excluding carboxylic acids is 1. The van der Waals surface area contributed by atoms with E-state index in [1.165, 1.54) is 18.2 Å². The summed E-state index contributed by atoms with van der Waals surface area (Å²) in [5.74, 6) is -0.489. The number of hydrogen-bond donors (Lipinski definition) is 2. The van der Waals surface area contributed by atoms with E-state index >= 15 is 0 Å². The molecule has 2 N–H and O–H groups in total. The van der Waals surface area contributed by atoms with Crippen molar-refractivity contribution in [3.05, 3.63) is 58.1 Å². The SMILES string of the molecule is CC(C)(C)NS(=O)(=O)c1cc(C(=O)Nc2ccccc2Cl)ccc1Cl. The molecule has 0 saturated heterocycles. The fraction of sp³-hybridized carbons (Fsp3) is 0.235. The Morgan fingerprint density at radius 1 is 1.00 bits per heavy atom. The number of amides is 1. The zero-order chi connectivity index (χ0) is 18.8. The van der Waals surface area contributed by atoms with Crippen molar-refractivity contribution in [2.24, 2.45) is 0 Å². The molecule has 2 rings (SSSR count). The summed E-state index contributed by atoms with van der Waals surface area (Å²) < 4.78 is 27.5. The van der Waals surface area contributed by atoms with E-state index in [1.807, 2.05) is 0 Å². The van der Waals surface area contributed by atoms with Crippen molar-refractivity contribution in [1.29, 1.82) is 0 Å². The van der Waals surface area contributed by atoms with Gasteiger partial charge < -0.3 is 5.32 Å². The smallest absolute Gasteiger partial charge is 0.255 e. The van der Waals surface area contributed by atoms with E-state index in [4.69, 9.17) is 23.2 Å². The molecule has 2 aromatic rings. The molecule has 0 saturated carbocycles. The minimum absolute atomic E-state index is 0.0334. The van der Waals surface area contributed by atoms with Crippen LogP contribution >= 0.6 is 23.2 Å². The number of nitrogens with one attached hydrogen (secondary N) is 2. The van der Waals surface area contributed by atoms with Gasteiger partial charge in [0, 0.05) is 11.1 Å². The van der Waals surface area contributed by atoms with Gasteiger partial charge in [0.15, 0.2) is 0 Å². The Balaban J connectivity index is 2.36. The van der Waals surface area contributed by atoms with Gasteiger partial charge in [0.05, 0.1) is 15.7 Å². The average Bonchev–Trinajstić information content (AvgIpc) is 2.47. The highest BCUT2D eigenvalue weighted by molar-refractivity contribution is 7.89. The van der Waals surface area contributed by atoms with E-state index < -0.39 is 21.5 Å².